The Kier molecular flexibility index (Phi) is 3.42. The van der Waals surface area contributed by atoms with Crippen LogP contribution in [0.15, 0.2) is 0 Å². The van der Waals surface area contributed by atoms with Crippen molar-refractivity contribution < 1.29 is 9.84 Å². The molecule has 0 aromatic heterocycles. The average Bonchev–Trinajstić information content (AvgIpc) is 2.52. The van der Waals surface area contributed by atoms with E-state index in [1.807, 2.05) is 0 Å². The highest BCUT2D eigenvalue weighted by Gasteiger charge is 2.28. The molecule has 0 aromatic carbocycles. The number of rotatable bonds is 2. The number of aliphatic hydroxyl groups is 1. The van der Waals surface area contributed by atoms with Gasteiger partial charge in [-0.1, -0.05) is 0 Å². The third-order valence-electron chi connectivity index (χ3n) is 3.41. The van der Waals surface area contributed by atoms with Crippen molar-refractivity contribution in [1.82, 2.24) is 5.32 Å². The lowest BCUT2D eigenvalue weighted by molar-refractivity contribution is 0.00758. The SMILES string of the molecule is CC1CC(N[C@@H]2CCC[C@H]2O)CCO1. The first-order chi connectivity index (χ1) is 6.75. The molecule has 1 saturated carbocycles. The molecule has 1 aliphatic carbocycles. The zero-order valence-electron chi connectivity index (χ0n) is 8.91. The maximum atomic E-state index is 9.69. The third-order valence-corrected chi connectivity index (χ3v) is 3.41. The van der Waals surface area contributed by atoms with E-state index in [1.54, 1.807) is 0 Å². The van der Waals surface area contributed by atoms with Crippen LogP contribution < -0.4 is 5.32 Å². The minimum absolute atomic E-state index is 0.117. The van der Waals surface area contributed by atoms with E-state index in [9.17, 15) is 5.11 Å². The van der Waals surface area contributed by atoms with E-state index in [0.29, 0.717) is 18.2 Å². The van der Waals surface area contributed by atoms with Crippen LogP contribution in [0.5, 0.6) is 0 Å². The molecular formula is C11H21NO2. The highest BCUT2D eigenvalue weighted by molar-refractivity contribution is 4.87. The molecule has 14 heavy (non-hydrogen) atoms. The molecule has 0 spiro atoms. The Morgan fingerprint density at radius 3 is 2.79 bits per heavy atom. The number of nitrogens with one attached hydrogen (secondary N) is 1. The van der Waals surface area contributed by atoms with Crippen molar-refractivity contribution in [3.8, 4) is 0 Å². The third kappa shape index (κ3) is 2.47. The maximum absolute atomic E-state index is 9.69. The predicted octanol–water partition coefficient (Wildman–Crippen LogP) is 1.06. The first-order valence-corrected chi connectivity index (χ1v) is 5.81. The van der Waals surface area contributed by atoms with Crippen LogP contribution in [0.2, 0.25) is 0 Å². The number of aliphatic hydroxyl groups excluding tert-OH is 1. The molecule has 2 fully saturated rings. The fraction of sp³-hybridized carbons (Fsp3) is 1.00. The summed E-state index contributed by atoms with van der Waals surface area (Å²) in [5.41, 5.74) is 0. The topological polar surface area (TPSA) is 41.5 Å². The van der Waals surface area contributed by atoms with Crippen molar-refractivity contribution >= 4 is 0 Å². The second-order valence-electron chi connectivity index (χ2n) is 4.67. The van der Waals surface area contributed by atoms with Crippen LogP contribution >= 0.6 is 0 Å². The minimum atomic E-state index is -0.117. The highest BCUT2D eigenvalue weighted by atomic mass is 16.5. The first-order valence-electron chi connectivity index (χ1n) is 5.81. The molecule has 1 saturated heterocycles. The van der Waals surface area contributed by atoms with Crippen molar-refractivity contribution in [1.29, 1.82) is 0 Å². The largest absolute Gasteiger partial charge is 0.392 e. The Hall–Kier alpha value is -0.120. The zero-order chi connectivity index (χ0) is 9.97. The normalized spacial score (nSPS) is 44.1. The molecule has 2 unspecified atom stereocenters. The fourth-order valence-corrected chi connectivity index (χ4v) is 2.59. The lowest BCUT2D eigenvalue weighted by atomic mass is 10.0. The minimum Gasteiger partial charge on any atom is -0.392 e. The van der Waals surface area contributed by atoms with Crippen LogP contribution in [-0.2, 0) is 4.74 Å². The average molecular weight is 199 g/mol. The van der Waals surface area contributed by atoms with E-state index >= 15 is 0 Å². The Bertz CT molecular complexity index is 186. The van der Waals surface area contributed by atoms with Gasteiger partial charge in [0.25, 0.3) is 0 Å². The Balaban J connectivity index is 1.78. The van der Waals surface area contributed by atoms with Gasteiger partial charge >= 0.3 is 0 Å². The van der Waals surface area contributed by atoms with E-state index in [-0.39, 0.29) is 6.10 Å². The van der Waals surface area contributed by atoms with Crippen LogP contribution in [0.3, 0.4) is 0 Å². The summed E-state index contributed by atoms with van der Waals surface area (Å²) in [5.74, 6) is 0. The second kappa shape index (κ2) is 4.60. The molecule has 1 heterocycles. The van der Waals surface area contributed by atoms with Gasteiger partial charge in [0.1, 0.15) is 0 Å². The van der Waals surface area contributed by atoms with E-state index in [4.69, 9.17) is 4.74 Å². The summed E-state index contributed by atoms with van der Waals surface area (Å²) in [6, 6.07) is 0.891. The predicted molar refractivity (Wildman–Crippen MR) is 55.2 cm³/mol. The lowest BCUT2D eigenvalue weighted by Crippen LogP contribution is -2.46. The van der Waals surface area contributed by atoms with Crippen molar-refractivity contribution in [3.63, 3.8) is 0 Å². The van der Waals surface area contributed by atoms with Crippen molar-refractivity contribution in [2.75, 3.05) is 6.61 Å². The van der Waals surface area contributed by atoms with E-state index in [0.717, 1.165) is 38.7 Å². The summed E-state index contributed by atoms with van der Waals surface area (Å²) in [6.45, 7) is 2.99. The second-order valence-corrected chi connectivity index (χ2v) is 4.67. The van der Waals surface area contributed by atoms with Gasteiger partial charge in [0.15, 0.2) is 0 Å². The molecule has 3 nitrogen and oxygen atoms in total. The summed E-state index contributed by atoms with van der Waals surface area (Å²) < 4.78 is 5.50. The summed E-state index contributed by atoms with van der Waals surface area (Å²) in [7, 11) is 0. The lowest BCUT2D eigenvalue weighted by Gasteiger charge is -2.31. The molecule has 4 atom stereocenters. The van der Waals surface area contributed by atoms with Crippen LogP contribution in [0.1, 0.15) is 39.0 Å². The molecule has 0 amide bonds. The van der Waals surface area contributed by atoms with Gasteiger partial charge in [-0.25, -0.2) is 0 Å². The van der Waals surface area contributed by atoms with Crippen molar-refractivity contribution in [2.24, 2.45) is 0 Å². The molecule has 2 aliphatic rings. The van der Waals surface area contributed by atoms with Crippen molar-refractivity contribution in [2.45, 2.75) is 63.3 Å². The van der Waals surface area contributed by atoms with Gasteiger partial charge in [0, 0.05) is 18.7 Å². The quantitative estimate of drug-likeness (QED) is 0.698. The van der Waals surface area contributed by atoms with Crippen LogP contribution in [0.4, 0.5) is 0 Å². The molecule has 1 aliphatic heterocycles. The molecule has 0 aromatic rings. The molecule has 0 radical (unpaired) electrons. The zero-order valence-corrected chi connectivity index (χ0v) is 8.91. The van der Waals surface area contributed by atoms with Gasteiger partial charge in [0.2, 0.25) is 0 Å². The molecule has 3 heteroatoms. The number of hydrogen-bond acceptors (Lipinski definition) is 3. The molecule has 2 rings (SSSR count). The highest BCUT2D eigenvalue weighted by Crippen LogP contribution is 2.22. The summed E-state index contributed by atoms with van der Waals surface area (Å²) in [6.07, 6.45) is 5.70. The Morgan fingerprint density at radius 2 is 2.14 bits per heavy atom. The molecule has 0 bridgehead atoms. The fourth-order valence-electron chi connectivity index (χ4n) is 2.59. The molecular weight excluding hydrogens is 178 g/mol. The number of hydrogen-bond donors (Lipinski definition) is 2. The van der Waals surface area contributed by atoms with Gasteiger partial charge in [-0.15, -0.1) is 0 Å². The van der Waals surface area contributed by atoms with Gasteiger partial charge in [-0.3, -0.25) is 0 Å². The Morgan fingerprint density at radius 1 is 1.29 bits per heavy atom. The first kappa shape index (κ1) is 10.4. The smallest absolute Gasteiger partial charge is 0.0693 e. The standard InChI is InChI=1S/C11H21NO2/c1-8-7-9(5-6-14-8)12-10-3-2-4-11(10)13/h8-13H,2-7H2,1H3/t8?,9?,10-,11-/m1/s1. The van der Waals surface area contributed by atoms with Crippen LogP contribution in [-0.4, -0.2) is 36.0 Å². The maximum Gasteiger partial charge on any atom is 0.0693 e. The summed E-state index contributed by atoms with van der Waals surface area (Å²) in [4.78, 5) is 0. The molecule has 82 valence electrons. The van der Waals surface area contributed by atoms with E-state index < -0.39 is 0 Å². The van der Waals surface area contributed by atoms with Crippen molar-refractivity contribution in [3.05, 3.63) is 0 Å². The Labute approximate surface area is 85.8 Å². The monoisotopic (exact) mass is 199 g/mol. The van der Waals surface area contributed by atoms with Crippen LogP contribution in [0, 0.1) is 0 Å². The summed E-state index contributed by atoms with van der Waals surface area (Å²) >= 11 is 0. The van der Waals surface area contributed by atoms with Gasteiger partial charge in [0.05, 0.1) is 12.2 Å². The van der Waals surface area contributed by atoms with Gasteiger partial charge in [-0.2, -0.15) is 0 Å². The van der Waals surface area contributed by atoms with Gasteiger partial charge in [-0.05, 0) is 39.0 Å². The van der Waals surface area contributed by atoms with E-state index in [2.05, 4.69) is 12.2 Å². The molecule has 2 N–H and O–H groups in total. The van der Waals surface area contributed by atoms with E-state index in [1.165, 1.54) is 0 Å². The van der Waals surface area contributed by atoms with Crippen LogP contribution in [0.25, 0.3) is 0 Å². The van der Waals surface area contributed by atoms with Gasteiger partial charge < -0.3 is 15.2 Å². The number of ether oxygens (including phenoxy) is 1. The summed E-state index contributed by atoms with van der Waals surface area (Å²) in [5, 5.41) is 13.3.